The van der Waals surface area contributed by atoms with E-state index in [0.717, 1.165) is 26.2 Å². The number of amides is 1. The second kappa shape index (κ2) is 6.16. The second-order valence-electron chi connectivity index (χ2n) is 4.98. The Morgan fingerprint density at radius 3 is 2.63 bits per heavy atom. The molecule has 1 aliphatic rings. The molecular formula is C13H22N4O2. The van der Waals surface area contributed by atoms with Gasteiger partial charge in [0, 0.05) is 51.0 Å². The van der Waals surface area contributed by atoms with E-state index in [4.69, 9.17) is 0 Å². The summed E-state index contributed by atoms with van der Waals surface area (Å²) < 4.78 is 1.92. The minimum atomic E-state index is -0.894. The average Bonchev–Trinajstić information content (AvgIpc) is 2.86. The van der Waals surface area contributed by atoms with Crippen LogP contribution < -0.4 is 0 Å². The quantitative estimate of drug-likeness (QED) is 0.828. The van der Waals surface area contributed by atoms with E-state index in [-0.39, 0.29) is 5.91 Å². The Kier molecular flexibility index (Phi) is 4.55. The van der Waals surface area contributed by atoms with Crippen molar-refractivity contribution in [2.45, 2.75) is 33.0 Å². The summed E-state index contributed by atoms with van der Waals surface area (Å²) in [6.45, 7) is 8.40. The fourth-order valence-corrected chi connectivity index (χ4v) is 2.31. The van der Waals surface area contributed by atoms with Crippen LogP contribution >= 0.6 is 0 Å². The number of piperazine rings is 1. The maximum absolute atomic E-state index is 11.6. The molecule has 0 aliphatic carbocycles. The maximum atomic E-state index is 11.6. The molecule has 0 aromatic carbocycles. The molecule has 1 fully saturated rings. The maximum Gasteiger partial charge on any atom is 0.251 e. The molecular weight excluding hydrogens is 244 g/mol. The van der Waals surface area contributed by atoms with Crippen molar-refractivity contribution in [3.8, 4) is 0 Å². The molecule has 0 bridgehead atoms. The first-order valence-electron chi connectivity index (χ1n) is 6.80. The van der Waals surface area contributed by atoms with Crippen molar-refractivity contribution in [3.63, 3.8) is 0 Å². The Morgan fingerprint density at radius 2 is 2.11 bits per heavy atom. The van der Waals surface area contributed by atoms with E-state index in [2.05, 4.69) is 23.1 Å². The van der Waals surface area contributed by atoms with Gasteiger partial charge in [-0.15, -0.1) is 0 Å². The number of aryl methyl sites for hydroxylation is 1. The van der Waals surface area contributed by atoms with Gasteiger partial charge < -0.3 is 10.0 Å². The molecule has 106 valence electrons. The number of carbonyl (C=O) groups is 1. The van der Waals surface area contributed by atoms with Crippen molar-refractivity contribution in [2.75, 3.05) is 26.2 Å². The highest BCUT2D eigenvalue weighted by Crippen LogP contribution is 2.09. The minimum absolute atomic E-state index is 0.168. The van der Waals surface area contributed by atoms with Crippen LogP contribution in [-0.4, -0.2) is 62.9 Å². The summed E-state index contributed by atoms with van der Waals surface area (Å²) >= 11 is 0. The molecule has 2 rings (SSSR count). The SMILES string of the molecule is CCn1cc(CN2CCN(C(=O)C(C)O)CC2)cn1. The zero-order valence-corrected chi connectivity index (χ0v) is 11.6. The van der Waals surface area contributed by atoms with Gasteiger partial charge in [0.1, 0.15) is 6.10 Å². The monoisotopic (exact) mass is 266 g/mol. The molecule has 1 unspecified atom stereocenters. The van der Waals surface area contributed by atoms with Gasteiger partial charge in [-0.1, -0.05) is 0 Å². The molecule has 1 saturated heterocycles. The van der Waals surface area contributed by atoms with E-state index >= 15 is 0 Å². The largest absolute Gasteiger partial charge is 0.384 e. The summed E-state index contributed by atoms with van der Waals surface area (Å²) in [6, 6.07) is 0. The van der Waals surface area contributed by atoms with Crippen LogP contribution in [0.1, 0.15) is 19.4 Å². The summed E-state index contributed by atoms with van der Waals surface area (Å²) in [5, 5.41) is 13.5. The van der Waals surface area contributed by atoms with E-state index in [1.165, 1.54) is 12.5 Å². The molecule has 6 nitrogen and oxygen atoms in total. The van der Waals surface area contributed by atoms with Crippen molar-refractivity contribution in [1.29, 1.82) is 0 Å². The van der Waals surface area contributed by atoms with Gasteiger partial charge in [0.15, 0.2) is 0 Å². The Morgan fingerprint density at radius 1 is 1.42 bits per heavy atom. The van der Waals surface area contributed by atoms with Crippen molar-refractivity contribution >= 4 is 5.91 Å². The first kappa shape index (κ1) is 14.0. The molecule has 1 amide bonds. The van der Waals surface area contributed by atoms with E-state index in [9.17, 15) is 9.90 Å². The van der Waals surface area contributed by atoms with Crippen molar-refractivity contribution in [2.24, 2.45) is 0 Å². The lowest BCUT2D eigenvalue weighted by Gasteiger charge is -2.35. The van der Waals surface area contributed by atoms with Crippen molar-refractivity contribution in [3.05, 3.63) is 18.0 Å². The van der Waals surface area contributed by atoms with Crippen molar-refractivity contribution in [1.82, 2.24) is 19.6 Å². The molecule has 1 atom stereocenters. The molecule has 0 radical (unpaired) electrons. The van der Waals surface area contributed by atoms with Crippen LogP contribution in [0.3, 0.4) is 0 Å². The van der Waals surface area contributed by atoms with Gasteiger partial charge in [0.25, 0.3) is 5.91 Å². The van der Waals surface area contributed by atoms with Gasteiger partial charge >= 0.3 is 0 Å². The van der Waals surface area contributed by atoms with Crippen LogP contribution in [0, 0.1) is 0 Å². The van der Waals surface area contributed by atoms with E-state index in [1.54, 1.807) is 4.90 Å². The summed E-state index contributed by atoms with van der Waals surface area (Å²) in [5.41, 5.74) is 1.21. The molecule has 0 saturated carbocycles. The van der Waals surface area contributed by atoms with Crippen LogP contribution in [0.4, 0.5) is 0 Å². The van der Waals surface area contributed by atoms with Gasteiger partial charge in [-0.05, 0) is 13.8 Å². The topological polar surface area (TPSA) is 61.6 Å². The molecule has 1 N–H and O–H groups in total. The number of hydrogen-bond donors (Lipinski definition) is 1. The van der Waals surface area contributed by atoms with Gasteiger partial charge in [0.2, 0.25) is 0 Å². The van der Waals surface area contributed by atoms with Gasteiger partial charge in [-0.2, -0.15) is 5.10 Å². The summed E-state index contributed by atoms with van der Waals surface area (Å²) in [4.78, 5) is 15.7. The molecule has 0 spiro atoms. The standard InChI is InChI=1S/C13H22N4O2/c1-3-17-10-12(8-14-17)9-15-4-6-16(7-5-15)13(19)11(2)18/h8,10-11,18H,3-7,9H2,1-2H3. The van der Waals surface area contributed by atoms with Crippen molar-refractivity contribution < 1.29 is 9.90 Å². The highest BCUT2D eigenvalue weighted by molar-refractivity contribution is 5.80. The first-order valence-corrected chi connectivity index (χ1v) is 6.80. The lowest BCUT2D eigenvalue weighted by atomic mass is 10.2. The van der Waals surface area contributed by atoms with Crippen LogP contribution in [0.5, 0.6) is 0 Å². The lowest BCUT2D eigenvalue weighted by Crippen LogP contribution is -2.50. The van der Waals surface area contributed by atoms with Crippen LogP contribution in [0.25, 0.3) is 0 Å². The smallest absolute Gasteiger partial charge is 0.251 e. The zero-order chi connectivity index (χ0) is 13.8. The number of aliphatic hydroxyl groups is 1. The number of aromatic nitrogens is 2. The summed E-state index contributed by atoms with van der Waals surface area (Å²) in [7, 11) is 0. The first-order chi connectivity index (χ1) is 9.10. The third kappa shape index (κ3) is 3.54. The van der Waals surface area contributed by atoms with E-state index < -0.39 is 6.10 Å². The lowest BCUT2D eigenvalue weighted by molar-refractivity contribution is -0.141. The molecule has 2 heterocycles. The third-order valence-corrected chi connectivity index (χ3v) is 3.46. The van der Waals surface area contributed by atoms with E-state index in [1.807, 2.05) is 10.9 Å². The second-order valence-corrected chi connectivity index (χ2v) is 4.98. The predicted molar refractivity (Wildman–Crippen MR) is 71.4 cm³/mol. The highest BCUT2D eigenvalue weighted by Gasteiger charge is 2.23. The third-order valence-electron chi connectivity index (χ3n) is 3.46. The Hall–Kier alpha value is -1.40. The highest BCUT2D eigenvalue weighted by atomic mass is 16.3. The van der Waals surface area contributed by atoms with Crippen LogP contribution in [0.2, 0.25) is 0 Å². The van der Waals surface area contributed by atoms with Crippen LogP contribution in [0.15, 0.2) is 12.4 Å². The summed E-state index contributed by atoms with van der Waals surface area (Å²) in [5.74, 6) is -0.168. The van der Waals surface area contributed by atoms with Crippen LogP contribution in [-0.2, 0) is 17.9 Å². The summed E-state index contributed by atoms with van der Waals surface area (Å²) in [6.07, 6.45) is 3.07. The predicted octanol–water partition coefficient (Wildman–Crippen LogP) is -0.0720. The van der Waals surface area contributed by atoms with Gasteiger partial charge in [-0.25, -0.2) is 0 Å². The van der Waals surface area contributed by atoms with Gasteiger partial charge in [-0.3, -0.25) is 14.4 Å². The molecule has 1 aromatic rings. The molecule has 1 aromatic heterocycles. The molecule has 6 heteroatoms. The molecule has 1 aliphatic heterocycles. The number of carbonyl (C=O) groups excluding carboxylic acids is 1. The number of aliphatic hydroxyl groups excluding tert-OH is 1. The fraction of sp³-hybridized carbons (Fsp3) is 0.692. The normalized spacial score (nSPS) is 18.6. The Labute approximate surface area is 113 Å². The Balaban J connectivity index is 1.81. The van der Waals surface area contributed by atoms with Gasteiger partial charge in [0.05, 0.1) is 6.20 Å². The molecule has 19 heavy (non-hydrogen) atoms. The number of hydrogen-bond acceptors (Lipinski definition) is 4. The minimum Gasteiger partial charge on any atom is -0.384 e. The average molecular weight is 266 g/mol. The van der Waals surface area contributed by atoms with E-state index in [0.29, 0.717) is 13.1 Å². The fourth-order valence-electron chi connectivity index (χ4n) is 2.31. The number of rotatable bonds is 4. The zero-order valence-electron chi connectivity index (χ0n) is 11.6. The number of nitrogens with zero attached hydrogens (tertiary/aromatic N) is 4. The Bertz CT molecular complexity index is 422.